The first kappa shape index (κ1) is 11.1. The maximum Gasteiger partial charge on any atom is 0.203 e. The molecule has 1 aliphatic rings. The number of nitrogens with zero attached hydrogens (tertiary/aromatic N) is 2. The summed E-state index contributed by atoms with van der Waals surface area (Å²) in [6.07, 6.45) is 2.39. The molecule has 1 fully saturated rings. The normalized spacial score (nSPS) is 14.9. The molecule has 0 spiro atoms. The van der Waals surface area contributed by atoms with Crippen molar-refractivity contribution in [3.63, 3.8) is 0 Å². The molecule has 1 aromatic heterocycles. The van der Waals surface area contributed by atoms with E-state index in [1.165, 1.54) is 36.5 Å². The maximum absolute atomic E-state index is 13.2. The second-order valence-electron chi connectivity index (χ2n) is 3.97. The van der Waals surface area contributed by atoms with Gasteiger partial charge < -0.3 is 5.32 Å². The van der Waals surface area contributed by atoms with Crippen LogP contribution in [0.5, 0.6) is 0 Å². The van der Waals surface area contributed by atoms with Gasteiger partial charge in [0.25, 0.3) is 0 Å². The van der Waals surface area contributed by atoms with E-state index in [1.807, 2.05) is 0 Å². The van der Waals surface area contributed by atoms with Gasteiger partial charge in [0.15, 0.2) is 5.82 Å². The SMILES string of the molecule is Fc1ccc(Br)c(-c2nsc(NC3CC3)n2)c1. The number of aromatic nitrogens is 2. The van der Waals surface area contributed by atoms with Crippen molar-refractivity contribution in [3.05, 3.63) is 28.5 Å². The Morgan fingerprint density at radius 2 is 2.24 bits per heavy atom. The van der Waals surface area contributed by atoms with Gasteiger partial charge in [0.1, 0.15) is 5.82 Å². The largest absolute Gasteiger partial charge is 0.358 e. The van der Waals surface area contributed by atoms with E-state index in [1.54, 1.807) is 6.07 Å². The Bertz CT molecular complexity index is 553. The molecule has 1 saturated carbocycles. The zero-order valence-electron chi connectivity index (χ0n) is 8.78. The lowest BCUT2D eigenvalue weighted by Crippen LogP contribution is -1.99. The zero-order chi connectivity index (χ0) is 11.8. The topological polar surface area (TPSA) is 37.8 Å². The maximum atomic E-state index is 13.2. The minimum absolute atomic E-state index is 0.283. The Morgan fingerprint density at radius 1 is 1.41 bits per heavy atom. The molecule has 0 unspecified atom stereocenters. The van der Waals surface area contributed by atoms with Crippen LogP contribution >= 0.6 is 27.5 Å². The molecule has 0 aliphatic heterocycles. The van der Waals surface area contributed by atoms with Gasteiger partial charge in [-0.1, -0.05) is 15.9 Å². The number of halogens is 2. The van der Waals surface area contributed by atoms with Crippen LogP contribution in [0, 0.1) is 5.82 Å². The summed E-state index contributed by atoms with van der Waals surface area (Å²) < 4.78 is 18.2. The fourth-order valence-corrected chi connectivity index (χ4v) is 2.55. The van der Waals surface area contributed by atoms with Crippen LogP contribution in [0.25, 0.3) is 11.4 Å². The molecule has 0 saturated heterocycles. The van der Waals surface area contributed by atoms with Crippen LogP contribution in [0.2, 0.25) is 0 Å². The predicted molar refractivity (Wildman–Crippen MR) is 69.6 cm³/mol. The number of nitrogens with one attached hydrogen (secondary N) is 1. The molecule has 3 nitrogen and oxygen atoms in total. The Morgan fingerprint density at radius 3 is 3.00 bits per heavy atom. The molecule has 0 radical (unpaired) electrons. The fourth-order valence-electron chi connectivity index (χ4n) is 1.46. The van der Waals surface area contributed by atoms with Crippen molar-refractivity contribution in [2.45, 2.75) is 18.9 Å². The van der Waals surface area contributed by atoms with Crippen molar-refractivity contribution < 1.29 is 4.39 Å². The predicted octanol–water partition coefficient (Wildman–Crippen LogP) is 3.68. The van der Waals surface area contributed by atoms with Crippen molar-refractivity contribution in [1.29, 1.82) is 0 Å². The lowest BCUT2D eigenvalue weighted by Gasteiger charge is -1.99. The summed E-state index contributed by atoms with van der Waals surface area (Å²) in [6, 6.07) is 5.06. The van der Waals surface area contributed by atoms with Crippen LogP contribution in [-0.4, -0.2) is 15.4 Å². The lowest BCUT2D eigenvalue weighted by atomic mass is 10.2. The van der Waals surface area contributed by atoms with Crippen molar-refractivity contribution in [2.75, 3.05) is 5.32 Å². The van der Waals surface area contributed by atoms with E-state index in [-0.39, 0.29) is 5.82 Å². The lowest BCUT2D eigenvalue weighted by molar-refractivity contribution is 0.628. The van der Waals surface area contributed by atoms with E-state index < -0.39 is 0 Å². The quantitative estimate of drug-likeness (QED) is 0.939. The first-order valence-corrected chi connectivity index (χ1v) is 6.85. The molecule has 0 atom stereocenters. The molecule has 1 aliphatic carbocycles. The average Bonchev–Trinajstić information content (AvgIpc) is 2.99. The highest BCUT2D eigenvalue weighted by atomic mass is 79.9. The van der Waals surface area contributed by atoms with Crippen LogP contribution in [0.4, 0.5) is 9.52 Å². The first-order valence-electron chi connectivity index (χ1n) is 5.28. The molecule has 17 heavy (non-hydrogen) atoms. The molecule has 1 N–H and O–H groups in total. The Balaban J connectivity index is 1.91. The van der Waals surface area contributed by atoms with Gasteiger partial charge in [0.2, 0.25) is 5.13 Å². The van der Waals surface area contributed by atoms with E-state index in [4.69, 9.17) is 0 Å². The Labute approximate surface area is 110 Å². The highest BCUT2D eigenvalue weighted by Gasteiger charge is 2.22. The third-order valence-electron chi connectivity index (χ3n) is 2.50. The summed E-state index contributed by atoms with van der Waals surface area (Å²) in [5.41, 5.74) is 0.685. The number of rotatable bonds is 3. The van der Waals surface area contributed by atoms with E-state index in [0.717, 1.165) is 9.60 Å². The minimum atomic E-state index is -0.283. The summed E-state index contributed by atoms with van der Waals surface area (Å²) in [5.74, 6) is 0.277. The second kappa shape index (κ2) is 4.34. The van der Waals surface area contributed by atoms with Gasteiger partial charge in [0.05, 0.1) is 0 Å². The molecule has 1 heterocycles. The van der Waals surface area contributed by atoms with Gasteiger partial charge in [-0.05, 0) is 31.0 Å². The molecular formula is C11H9BrFN3S. The van der Waals surface area contributed by atoms with Crippen LogP contribution in [0.1, 0.15) is 12.8 Å². The van der Waals surface area contributed by atoms with Gasteiger partial charge in [-0.25, -0.2) is 4.39 Å². The number of anilines is 1. The first-order chi connectivity index (χ1) is 8.22. The second-order valence-corrected chi connectivity index (χ2v) is 5.57. The summed E-state index contributed by atoms with van der Waals surface area (Å²) in [7, 11) is 0. The zero-order valence-corrected chi connectivity index (χ0v) is 11.2. The number of hydrogen-bond acceptors (Lipinski definition) is 4. The van der Waals surface area contributed by atoms with Crippen LogP contribution in [-0.2, 0) is 0 Å². The summed E-state index contributed by atoms with van der Waals surface area (Å²) in [4.78, 5) is 4.36. The van der Waals surface area contributed by atoms with Crippen molar-refractivity contribution in [3.8, 4) is 11.4 Å². The fraction of sp³-hybridized carbons (Fsp3) is 0.273. The molecule has 6 heteroatoms. The summed E-state index contributed by atoms with van der Waals surface area (Å²) >= 11 is 4.69. The van der Waals surface area contributed by atoms with Crippen LogP contribution in [0.15, 0.2) is 22.7 Å². The monoisotopic (exact) mass is 313 g/mol. The standard InChI is InChI=1S/C11H9BrFN3S/c12-9-4-1-6(13)5-8(9)10-15-11(17-16-10)14-7-2-3-7/h1,4-5,7H,2-3H2,(H,14,15,16). The highest BCUT2D eigenvalue weighted by molar-refractivity contribution is 9.10. The average molecular weight is 314 g/mol. The van der Waals surface area contributed by atoms with Gasteiger partial charge >= 0.3 is 0 Å². The van der Waals surface area contributed by atoms with Gasteiger partial charge in [-0.15, -0.1) is 0 Å². The smallest absolute Gasteiger partial charge is 0.203 e. The van der Waals surface area contributed by atoms with E-state index in [0.29, 0.717) is 17.4 Å². The number of hydrogen-bond donors (Lipinski definition) is 1. The van der Waals surface area contributed by atoms with E-state index in [9.17, 15) is 4.39 Å². The molecule has 88 valence electrons. The van der Waals surface area contributed by atoms with Crippen molar-refractivity contribution in [1.82, 2.24) is 9.36 Å². The summed E-state index contributed by atoms with van der Waals surface area (Å²) in [5, 5.41) is 4.08. The molecular weight excluding hydrogens is 305 g/mol. The molecule has 0 bridgehead atoms. The van der Waals surface area contributed by atoms with Gasteiger partial charge in [-0.3, -0.25) is 0 Å². The highest BCUT2D eigenvalue weighted by Crippen LogP contribution is 2.31. The third kappa shape index (κ3) is 2.47. The van der Waals surface area contributed by atoms with Gasteiger partial charge in [0, 0.05) is 27.6 Å². The molecule has 0 amide bonds. The van der Waals surface area contributed by atoms with Crippen molar-refractivity contribution in [2.24, 2.45) is 0 Å². The molecule has 1 aromatic carbocycles. The van der Waals surface area contributed by atoms with Gasteiger partial charge in [-0.2, -0.15) is 9.36 Å². The third-order valence-corrected chi connectivity index (χ3v) is 3.84. The summed E-state index contributed by atoms with van der Waals surface area (Å²) in [6.45, 7) is 0. The Hall–Kier alpha value is -1.01. The molecule has 2 aromatic rings. The molecule has 3 rings (SSSR count). The number of benzene rings is 1. The Kier molecular flexibility index (Phi) is 2.84. The van der Waals surface area contributed by atoms with E-state index in [2.05, 4.69) is 30.6 Å². The minimum Gasteiger partial charge on any atom is -0.358 e. The van der Waals surface area contributed by atoms with Crippen molar-refractivity contribution >= 4 is 32.6 Å². The van der Waals surface area contributed by atoms with Crippen LogP contribution in [0.3, 0.4) is 0 Å². The van der Waals surface area contributed by atoms with E-state index >= 15 is 0 Å². The van der Waals surface area contributed by atoms with Crippen LogP contribution < -0.4 is 5.32 Å².